The zero-order chi connectivity index (χ0) is 40.5. The van der Waals surface area contributed by atoms with Crippen LogP contribution in [0.2, 0.25) is 0 Å². The molecule has 0 N–H and O–H groups in total. The molecule has 0 saturated heterocycles. The summed E-state index contributed by atoms with van der Waals surface area (Å²) in [4.78, 5) is 2.45. The molecule has 11 rings (SSSR count). The first-order chi connectivity index (χ1) is 30.3. The maximum absolute atomic E-state index is 2.45. The van der Waals surface area contributed by atoms with E-state index < -0.39 is 0 Å². The van der Waals surface area contributed by atoms with Gasteiger partial charge in [0.05, 0.1) is 5.69 Å². The minimum Gasteiger partial charge on any atom is -0.310 e. The van der Waals surface area contributed by atoms with Crippen molar-refractivity contribution in [1.82, 2.24) is 0 Å². The number of hydrogen-bond acceptors (Lipinski definition) is 1. The second-order valence-electron chi connectivity index (χ2n) is 15.6. The summed E-state index contributed by atoms with van der Waals surface area (Å²) in [5.41, 5.74) is 15.1. The van der Waals surface area contributed by atoms with Crippen molar-refractivity contribution in [3.8, 4) is 55.6 Å². The molecule has 61 heavy (non-hydrogen) atoms. The molecule has 0 amide bonds. The van der Waals surface area contributed by atoms with Crippen molar-refractivity contribution in [1.29, 1.82) is 0 Å². The Kier molecular flexibility index (Phi) is 9.26. The lowest BCUT2D eigenvalue weighted by Crippen LogP contribution is -2.12. The minimum absolute atomic E-state index is 1.08. The largest absolute Gasteiger partial charge is 0.310 e. The minimum atomic E-state index is 1.08. The van der Waals surface area contributed by atoms with Gasteiger partial charge < -0.3 is 4.90 Å². The van der Waals surface area contributed by atoms with E-state index in [1.54, 1.807) is 0 Å². The number of benzene rings is 11. The van der Waals surface area contributed by atoms with Gasteiger partial charge in [0.2, 0.25) is 0 Å². The van der Waals surface area contributed by atoms with Gasteiger partial charge in [-0.3, -0.25) is 0 Å². The Morgan fingerprint density at radius 3 is 1.36 bits per heavy atom. The monoisotopic (exact) mass is 775 g/mol. The number of anilines is 3. The van der Waals surface area contributed by atoms with Gasteiger partial charge in [-0.15, -0.1) is 0 Å². The van der Waals surface area contributed by atoms with E-state index in [2.05, 4.69) is 254 Å². The van der Waals surface area contributed by atoms with Gasteiger partial charge in [-0.05, 0) is 113 Å². The smallest absolute Gasteiger partial charge is 0.0540 e. The molecule has 1 nitrogen and oxygen atoms in total. The van der Waals surface area contributed by atoms with Crippen LogP contribution in [0.25, 0.3) is 88.0 Å². The SMILES string of the molecule is c1ccc(-c2ccccc2N(c2ccc(-c3cccc4ccccc34)cc2)c2cc(-c3ccccc3)c(-c3cccc4c3ccc3ccccc34)c(-c3ccccc3)c2)cc1. The number of fused-ring (bicyclic) bond motifs is 4. The van der Waals surface area contributed by atoms with Crippen molar-refractivity contribution in [2.24, 2.45) is 0 Å². The van der Waals surface area contributed by atoms with Crippen LogP contribution in [0.15, 0.2) is 249 Å². The van der Waals surface area contributed by atoms with E-state index in [4.69, 9.17) is 0 Å². The molecule has 0 saturated carbocycles. The lowest BCUT2D eigenvalue weighted by atomic mass is 9.84. The fourth-order valence-corrected chi connectivity index (χ4v) is 9.22. The summed E-state index contributed by atoms with van der Waals surface area (Å²) in [6.07, 6.45) is 0. The molecule has 0 aromatic heterocycles. The molecule has 0 aliphatic carbocycles. The molecule has 0 fully saturated rings. The fourth-order valence-electron chi connectivity index (χ4n) is 9.22. The summed E-state index contributed by atoms with van der Waals surface area (Å²) < 4.78 is 0. The van der Waals surface area contributed by atoms with Crippen LogP contribution in [0.5, 0.6) is 0 Å². The molecule has 11 aromatic rings. The average Bonchev–Trinajstić information content (AvgIpc) is 3.34. The Morgan fingerprint density at radius 1 is 0.230 bits per heavy atom. The van der Waals surface area contributed by atoms with E-state index in [1.807, 2.05) is 0 Å². The maximum atomic E-state index is 2.45. The lowest BCUT2D eigenvalue weighted by Gasteiger charge is -2.30. The lowest BCUT2D eigenvalue weighted by molar-refractivity contribution is 1.28. The molecular formula is C60H41N. The quantitative estimate of drug-likeness (QED) is 0.139. The Balaban J connectivity index is 1.20. The van der Waals surface area contributed by atoms with Crippen LogP contribution in [-0.2, 0) is 0 Å². The third-order valence-electron chi connectivity index (χ3n) is 12.1. The van der Waals surface area contributed by atoms with Gasteiger partial charge >= 0.3 is 0 Å². The molecule has 0 spiro atoms. The van der Waals surface area contributed by atoms with Gasteiger partial charge in [0.1, 0.15) is 0 Å². The van der Waals surface area contributed by atoms with Gasteiger partial charge in [0, 0.05) is 16.9 Å². The molecule has 0 heterocycles. The van der Waals surface area contributed by atoms with Crippen molar-refractivity contribution < 1.29 is 0 Å². The van der Waals surface area contributed by atoms with Crippen LogP contribution in [0.1, 0.15) is 0 Å². The number of para-hydroxylation sites is 1. The van der Waals surface area contributed by atoms with E-state index in [0.717, 1.165) is 33.8 Å². The van der Waals surface area contributed by atoms with Gasteiger partial charge in [-0.1, -0.05) is 218 Å². The average molecular weight is 776 g/mol. The molecule has 0 aliphatic rings. The van der Waals surface area contributed by atoms with Crippen LogP contribution in [0, 0.1) is 0 Å². The zero-order valence-electron chi connectivity index (χ0n) is 33.6. The van der Waals surface area contributed by atoms with E-state index in [1.165, 1.54) is 71.3 Å². The molecule has 286 valence electrons. The van der Waals surface area contributed by atoms with Crippen LogP contribution in [0.4, 0.5) is 17.1 Å². The Labute approximate surface area is 357 Å². The highest BCUT2D eigenvalue weighted by molar-refractivity contribution is 6.15. The van der Waals surface area contributed by atoms with Crippen LogP contribution in [0.3, 0.4) is 0 Å². The topological polar surface area (TPSA) is 3.24 Å². The maximum Gasteiger partial charge on any atom is 0.0540 e. The first kappa shape index (κ1) is 36.1. The van der Waals surface area contributed by atoms with E-state index >= 15 is 0 Å². The molecule has 11 aromatic carbocycles. The van der Waals surface area contributed by atoms with Gasteiger partial charge in [-0.25, -0.2) is 0 Å². The summed E-state index contributed by atoms with van der Waals surface area (Å²) in [7, 11) is 0. The van der Waals surface area contributed by atoms with Gasteiger partial charge in [0.25, 0.3) is 0 Å². The number of nitrogens with zero attached hydrogens (tertiary/aromatic N) is 1. The first-order valence-electron chi connectivity index (χ1n) is 21.0. The molecular weight excluding hydrogens is 735 g/mol. The van der Waals surface area contributed by atoms with Crippen molar-refractivity contribution in [3.63, 3.8) is 0 Å². The highest BCUT2D eigenvalue weighted by atomic mass is 15.1. The van der Waals surface area contributed by atoms with Gasteiger partial charge in [0.15, 0.2) is 0 Å². The normalized spacial score (nSPS) is 11.3. The Bertz CT molecular complexity index is 3270. The predicted molar refractivity (Wildman–Crippen MR) is 261 cm³/mol. The number of rotatable bonds is 8. The Morgan fingerprint density at radius 2 is 0.689 bits per heavy atom. The highest BCUT2D eigenvalue weighted by Gasteiger charge is 2.24. The molecule has 0 atom stereocenters. The van der Waals surface area contributed by atoms with Crippen LogP contribution >= 0.6 is 0 Å². The molecule has 0 unspecified atom stereocenters. The van der Waals surface area contributed by atoms with E-state index in [9.17, 15) is 0 Å². The summed E-state index contributed by atoms with van der Waals surface area (Å²) >= 11 is 0. The molecule has 1 heteroatoms. The van der Waals surface area contributed by atoms with E-state index in [-0.39, 0.29) is 0 Å². The summed E-state index contributed by atoms with van der Waals surface area (Å²) in [5, 5.41) is 7.48. The van der Waals surface area contributed by atoms with Crippen molar-refractivity contribution in [3.05, 3.63) is 249 Å². The van der Waals surface area contributed by atoms with Crippen molar-refractivity contribution in [2.75, 3.05) is 4.90 Å². The third-order valence-corrected chi connectivity index (χ3v) is 12.1. The summed E-state index contributed by atoms with van der Waals surface area (Å²) in [6.45, 7) is 0. The highest BCUT2D eigenvalue weighted by Crippen LogP contribution is 2.49. The summed E-state index contributed by atoms with van der Waals surface area (Å²) in [6, 6.07) is 90.6. The van der Waals surface area contributed by atoms with Crippen molar-refractivity contribution in [2.45, 2.75) is 0 Å². The van der Waals surface area contributed by atoms with E-state index in [0.29, 0.717) is 0 Å². The Hall–Kier alpha value is -8.00. The predicted octanol–water partition coefficient (Wildman–Crippen LogP) is 17.0. The molecule has 0 bridgehead atoms. The second-order valence-corrected chi connectivity index (χ2v) is 15.6. The second kappa shape index (κ2) is 15.6. The first-order valence-corrected chi connectivity index (χ1v) is 21.0. The van der Waals surface area contributed by atoms with Crippen LogP contribution in [-0.4, -0.2) is 0 Å². The standard InChI is InChI=1S/C60H41N/c1-4-18-43(19-5-1)53-29-14-15-33-59(53)61(48-37-34-47(35-38-48)51-30-16-26-42-24-10-12-27-50(42)51)49-40-57(44-20-6-2-7-21-44)60(58(41-49)45-22-8-3-9-23-45)56-32-17-31-54-52-28-13-11-25-46(52)36-39-55(54)56/h1-41H. The van der Waals surface area contributed by atoms with Crippen LogP contribution < -0.4 is 4.90 Å². The van der Waals surface area contributed by atoms with Crippen molar-refractivity contribution >= 4 is 49.4 Å². The fraction of sp³-hybridized carbons (Fsp3) is 0. The number of hydrogen-bond donors (Lipinski definition) is 0. The molecule has 0 aliphatic heterocycles. The zero-order valence-corrected chi connectivity index (χ0v) is 33.6. The third kappa shape index (κ3) is 6.63. The summed E-state index contributed by atoms with van der Waals surface area (Å²) in [5.74, 6) is 0. The molecule has 0 radical (unpaired) electrons. The van der Waals surface area contributed by atoms with Gasteiger partial charge in [-0.2, -0.15) is 0 Å².